The SMILES string of the molecule is Cc1ccc(N2C(=O)/C(=C\c3ccc4c(c3)OCO4)N=C2SCC(=O)NC[C@H]2CCCO2)cc1. The highest BCUT2D eigenvalue weighted by Gasteiger charge is 2.32. The largest absolute Gasteiger partial charge is 0.454 e. The zero-order valence-electron chi connectivity index (χ0n) is 18.8. The van der Waals surface area contributed by atoms with Crippen molar-refractivity contribution in [3.63, 3.8) is 0 Å². The number of nitrogens with one attached hydrogen (secondary N) is 1. The number of carbonyl (C=O) groups excluding carboxylic acids is 2. The minimum absolute atomic E-state index is 0.0830. The van der Waals surface area contributed by atoms with Crippen molar-refractivity contribution in [2.45, 2.75) is 25.9 Å². The lowest BCUT2D eigenvalue weighted by atomic mass is 10.1. The summed E-state index contributed by atoms with van der Waals surface area (Å²) >= 11 is 1.24. The second-order valence-electron chi connectivity index (χ2n) is 8.24. The summed E-state index contributed by atoms with van der Waals surface area (Å²) < 4.78 is 16.4. The van der Waals surface area contributed by atoms with Gasteiger partial charge in [0, 0.05) is 13.2 Å². The first-order chi connectivity index (χ1) is 16.6. The predicted molar refractivity (Wildman–Crippen MR) is 131 cm³/mol. The van der Waals surface area contributed by atoms with Gasteiger partial charge in [0.25, 0.3) is 5.91 Å². The standard InChI is InChI=1S/C25H25N3O5S/c1-16-4-7-18(8-5-16)28-24(30)20(11-17-6-9-21-22(12-17)33-15-32-21)27-25(28)34-14-23(29)26-13-19-3-2-10-31-19/h4-9,11-12,19H,2-3,10,13-15H2,1H3,(H,26,29)/b20-11+/t19-/m1/s1. The van der Waals surface area contributed by atoms with Crippen molar-refractivity contribution in [2.24, 2.45) is 4.99 Å². The van der Waals surface area contributed by atoms with Crippen molar-refractivity contribution in [2.75, 3.05) is 30.6 Å². The Morgan fingerprint density at radius 3 is 2.82 bits per heavy atom. The van der Waals surface area contributed by atoms with E-state index in [4.69, 9.17) is 14.2 Å². The van der Waals surface area contributed by atoms with Gasteiger partial charge in [0.1, 0.15) is 5.70 Å². The number of benzene rings is 2. The van der Waals surface area contributed by atoms with Gasteiger partial charge in [0.2, 0.25) is 12.7 Å². The Balaban J connectivity index is 1.34. The minimum atomic E-state index is -0.246. The van der Waals surface area contributed by atoms with Gasteiger partial charge in [0.15, 0.2) is 16.7 Å². The van der Waals surface area contributed by atoms with Crippen LogP contribution in [-0.2, 0) is 14.3 Å². The van der Waals surface area contributed by atoms with Crippen molar-refractivity contribution < 1.29 is 23.8 Å². The Labute approximate surface area is 202 Å². The molecule has 1 saturated heterocycles. The van der Waals surface area contributed by atoms with E-state index in [-0.39, 0.29) is 30.5 Å². The van der Waals surface area contributed by atoms with Gasteiger partial charge in [-0.1, -0.05) is 35.5 Å². The Morgan fingerprint density at radius 1 is 1.21 bits per heavy atom. The van der Waals surface area contributed by atoms with Crippen molar-refractivity contribution >= 4 is 40.5 Å². The fourth-order valence-electron chi connectivity index (χ4n) is 3.89. The molecule has 0 spiro atoms. The molecule has 3 heterocycles. The van der Waals surface area contributed by atoms with Crippen LogP contribution >= 0.6 is 11.8 Å². The van der Waals surface area contributed by atoms with Gasteiger partial charge in [0.05, 0.1) is 17.5 Å². The maximum absolute atomic E-state index is 13.3. The van der Waals surface area contributed by atoms with Crippen molar-refractivity contribution in [1.82, 2.24) is 5.32 Å². The molecular weight excluding hydrogens is 454 g/mol. The lowest BCUT2D eigenvalue weighted by molar-refractivity contribution is -0.119. The van der Waals surface area contributed by atoms with E-state index < -0.39 is 0 Å². The van der Waals surface area contributed by atoms with Crippen molar-refractivity contribution in [3.05, 3.63) is 59.3 Å². The Kier molecular flexibility index (Phi) is 6.55. The van der Waals surface area contributed by atoms with Crippen molar-refractivity contribution in [3.8, 4) is 11.5 Å². The minimum Gasteiger partial charge on any atom is -0.454 e. The van der Waals surface area contributed by atoms with Gasteiger partial charge in [-0.25, -0.2) is 4.99 Å². The van der Waals surface area contributed by atoms with Crippen LogP contribution in [0.15, 0.2) is 53.2 Å². The van der Waals surface area contributed by atoms with Crippen molar-refractivity contribution in [1.29, 1.82) is 0 Å². The van der Waals surface area contributed by atoms with Crippen LogP contribution in [0.25, 0.3) is 6.08 Å². The van der Waals surface area contributed by atoms with Crippen LogP contribution in [0.2, 0.25) is 0 Å². The van der Waals surface area contributed by atoms with E-state index >= 15 is 0 Å². The summed E-state index contributed by atoms with van der Waals surface area (Å²) in [7, 11) is 0. The quantitative estimate of drug-likeness (QED) is 0.638. The molecule has 5 rings (SSSR count). The van der Waals surface area contributed by atoms with Crippen LogP contribution in [0.5, 0.6) is 11.5 Å². The molecule has 2 aromatic rings. The third-order valence-electron chi connectivity index (χ3n) is 5.71. The molecule has 0 unspecified atom stereocenters. The molecule has 1 fully saturated rings. The maximum Gasteiger partial charge on any atom is 0.283 e. The molecule has 0 aliphatic carbocycles. The number of thioether (sulfide) groups is 1. The van der Waals surface area contributed by atoms with Gasteiger partial charge in [-0.05, 0) is 55.7 Å². The number of rotatable bonds is 6. The van der Waals surface area contributed by atoms with E-state index in [1.54, 1.807) is 11.0 Å². The summed E-state index contributed by atoms with van der Waals surface area (Å²) in [4.78, 5) is 31.9. The molecular formula is C25H25N3O5S. The monoisotopic (exact) mass is 479 g/mol. The molecule has 1 N–H and O–H groups in total. The van der Waals surface area contributed by atoms with E-state index in [0.29, 0.717) is 34.6 Å². The first-order valence-corrected chi connectivity index (χ1v) is 12.2. The third kappa shape index (κ3) is 4.95. The summed E-state index contributed by atoms with van der Waals surface area (Å²) in [6, 6.07) is 13.1. The molecule has 1 atom stereocenters. The summed E-state index contributed by atoms with van der Waals surface area (Å²) in [6.45, 7) is 3.42. The zero-order valence-corrected chi connectivity index (χ0v) is 19.6. The molecule has 0 saturated carbocycles. The number of amides is 2. The number of hydrogen-bond acceptors (Lipinski definition) is 7. The maximum atomic E-state index is 13.3. The fraction of sp³-hybridized carbons (Fsp3) is 0.320. The van der Waals surface area contributed by atoms with E-state index in [2.05, 4.69) is 10.3 Å². The molecule has 2 aromatic carbocycles. The summed E-state index contributed by atoms with van der Waals surface area (Å²) in [5.41, 5.74) is 2.87. The van der Waals surface area contributed by atoms with Gasteiger partial charge in [-0.3, -0.25) is 14.5 Å². The summed E-state index contributed by atoms with van der Waals surface area (Å²) in [5, 5.41) is 3.38. The van der Waals surface area contributed by atoms with Gasteiger partial charge in [-0.15, -0.1) is 0 Å². The first kappa shape index (κ1) is 22.5. The number of hydrogen-bond donors (Lipinski definition) is 1. The zero-order chi connectivity index (χ0) is 23.5. The number of aliphatic imine (C=N–C) groups is 1. The van der Waals surface area contributed by atoms with Crippen LogP contribution in [-0.4, -0.2) is 48.8 Å². The van der Waals surface area contributed by atoms with E-state index in [9.17, 15) is 9.59 Å². The van der Waals surface area contributed by atoms with E-state index in [0.717, 1.165) is 30.6 Å². The van der Waals surface area contributed by atoms with E-state index in [1.807, 2.05) is 49.4 Å². The normalized spacial score (nSPS) is 20.2. The highest BCUT2D eigenvalue weighted by Crippen LogP contribution is 2.34. The van der Waals surface area contributed by atoms with Crippen LogP contribution in [0.4, 0.5) is 5.69 Å². The molecule has 9 heteroatoms. The molecule has 34 heavy (non-hydrogen) atoms. The molecule has 176 valence electrons. The number of nitrogens with zero attached hydrogens (tertiary/aromatic N) is 2. The first-order valence-electron chi connectivity index (χ1n) is 11.2. The average Bonchev–Trinajstić information content (AvgIpc) is 3.58. The second-order valence-corrected chi connectivity index (χ2v) is 9.18. The van der Waals surface area contributed by atoms with Crippen LogP contribution in [0, 0.1) is 6.92 Å². The molecule has 0 radical (unpaired) electrons. The number of amidine groups is 1. The number of ether oxygens (including phenoxy) is 3. The van der Waals surface area contributed by atoms with Gasteiger partial charge in [-0.2, -0.15) is 0 Å². The lowest BCUT2D eigenvalue weighted by Crippen LogP contribution is -2.35. The van der Waals surface area contributed by atoms with E-state index in [1.165, 1.54) is 11.8 Å². The molecule has 2 amide bonds. The van der Waals surface area contributed by atoms with Gasteiger partial charge >= 0.3 is 0 Å². The Morgan fingerprint density at radius 2 is 2.03 bits per heavy atom. The number of fused-ring (bicyclic) bond motifs is 1. The highest BCUT2D eigenvalue weighted by molar-refractivity contribution is 8.14. The molecule has 0 bridgehead atoms. The number of aryl methyl sites for hydroxylation is 1. The van der Waals surface area contributed by atoms with Crippen LogP contribution < -0.4 is 19.7 Å². The summed E-state index contributed by atoms with van der Waals surface area (Å²) in [6.07, 6.45) is 3.79. The molecule has 0 aromatic heterocycles. The molecule has 8 nitrogen and oxygen atoms in total. The number of carbonyl (C=O) groups is 2. The Hall–Kier alpha value is -3.30. The lowest BCUT2D eigenvalue weighted by Gasteiger charge is -2.18. The third-order valence-corrected chi connectivity index (χ3v) is 6.64. The van der Waals surface area contributed by atoms with Gasteiger partial charge < -0.3 is 19.5 Å². The van der Waals surface area contributed by atoms with Crippen LogP contribution in [0.1, 0.15) is 24.0 Å². The smallest absolute Gasteiger partial charge is 0.283 e. The average molecular weight is 480 g/mol. The number of anilines is 1. The van der Waals surface area contributed by atoms with Crippen LogP contribution in [0.3, 0.4) is 0 Å². The fourth-order valence-corrected chi connectivity index (χ4v) is 4.73. The Bertz CT molecular complexity index is 1160. The molecule has 3 aliphatic rings. The predicted octanol–water partition coefficient (Wildman–Crippen LogP) is 3.50. The topological polar surface area (TPSA) is 89.5 Å². The highest BCUT2D eigenvalue weighted by atomic mass is 32.2. The summed E-state index contributed by atoms with van der Waals surface area (Å²) in [5.74, 6) is 1.10. The second kappa shape index (κ2) is 9.90. The molecule has 3 aliphatic heterocycles.